The first-order valence-electron chi connectivity index (χ1n) is 8.23. The van der Waals surface area contributed by atoms with E-state index in [2.05, 4.69) is 28.9 Å². The first-order valence-corrected chi connectivity index (χ1v) is 8.23. The van der Waals surface area contributed by atoms with E-state index in [0.717, 1.165) is 50.7 Å². The molecule has 1 aromatic heterocycles. The van der Waals surface area contributed by atoms with Crippen LogP contribution in [0.4, 0.5) is 0 Å². The molecule has 1 saturated heterocycles. The minimum Gasteiger partial charge on any atom is -0.385 e. The van der Waals surface area contributed by atoms with Crippen LogP contribution in [0, 0.1) is 5.92 Å². The number of likely N-dealkylation sites (tertiary alicyclic amines) is 1. The lowest BCUT2D eigenvalue weighted by atomic mass is 10.00. The molecule has 0 bridgehead atoms. The van der Waals surface area contributed by atoms with Crippen LogP contribution in [0.15, 0.2) is 4.52 Å². The molecule has 0 amide bonds. The molecule has 5 nitrogen and oxygen atoms in total. The molecule has 2 heterocycles. The normalized spacial score (nSPS) is 20.3. The number of rotatable bonds is 8. The van der Waals surface area contributed by atoms with E-state index in [1.807, 2.05) is 0 Å². The fourth-order valence-electron chi connectivity index (χ4n) is 2.90. The minimum atomic E-state index is 0.588. The van der Waals surface area contributed by atoms with E-state index in [9.17, 15) is 0 Å². The van der Waals surface area contributed by atoms with Crippen LogP contribution in [0.1, 0.15) is 57.7 Å². The Hall–Kier alpha value is -0.940. The topological polar surface area (TPSA) is 51.4 Å². The quantitative estimate of drug-likeness (QED) is 0.738. The third kappa shape index (κ3) is 5.40. The molecule has 2 rings (SSSR count). The molecule has 5 heteroatoms. The van der Waals surface area contributed by atoms with Gasteiger partial charge in [-0.2, -0.15) is 4.98 Å². The Labute approximate surface area is 128 Å². The van der Waals surface area contributed by atoms with Crippen molar-refractivity contribution in [3.05, 3.63) is 11.7 Å². The SMILES string of the molecule is COCC[C@H]1CCCCN1Cc1nc(CCC(C)C)no1. The van der Waals surface area contributed by atoms with Gasteiger partial charge in [0.15, 0.2) is 5.82 Å². The molecule has 1 aromatic rings. The molecule has 120 valence electrons. The zero-order chi connectivity index (χ0) is 15.1. The fourth-order valence-corrected chi connectivity index (χ4v) is 2.90. The van der Waals surface area contributed by atoms with Crippen molar-refractivity contribution >= 4 is 0 Å². The monoisotopic (exact) mass is 295 g/mol. The third-order valence-corrected chi connectivity index (χ3v) is 4.20. The van der Waals surface area contributed by atoms with Crippen molar-refractivity contribution in [2.75, 3.05) is 20.3 Å². The molecule has 0 aliphatic carbocycles. The predicted molar refractivity (Wildman–Crippen MR) is 82.0 cm³/mol. The van der Waals surface area contributed by atoms with Crippen LogP contribution in [-0.4, -0.2) is 41.3 Å². The Kier molecular flexibility index (Phi) is 6.64. The van der Waals surface area contributed by atoms with E-state index >= 15 is 0 Å². The van der Waals surface area contributed by atoms with Crippen LogP contribution < -0.4 is 0 Å². The first-order chi connectivity index (χ1) is 10.2. The highest BCUT2D eigenvalue weighted by Gasteiger charge is 2.24. The van der Waals surface area contributed by atoms with Crippen LogP contribution in [0.25, 0.3) is 0 Å². The zero-order valence-corrected chi connectivity index (χ0v) is 13.7. The molecule has 0 spiro atoms. The lowest BCUT2D eigenvalue weighted by molar-refractivity contribution is 0.0882. The van der Waals surface area contributed by atoms with E-state index in [4.69, 9.17) is 9.26 Å². The number of hydrogen-bond donors (Lipinski definition) is 0. The molecule has 1 atom stereocenters. The first kappa shape index (κ1) is 16.4. The summed E-state index contributed by atoms with van der Waals surface area (Å²) in [4.78, 5) is 7.01. The molecule has 1 aliphatic heterocycles. The van der Waals surface area contributed by atoms with Crippen LogP contribution in [0.2, 0.25) is 0 Å². The standard InChI is InChI=1S/C16H29N3O2/c1-13(2)7-8-15-17-16(21-18-15)12-19-10-5-4-6-14(19)9-11-20-3/h13-14H,4-12H2,1-3H3/t14-/m1/s1. The molecule has 0 saturated carbocycles. The van der Waals surface area contributed by atoms with Crippen molar-refractivity contribution in [1.29, 1.82) is 0 Å². The molecular weight excluding hydrogens is 266 g/mol. The third-order valence-electron chi connectivity index (χ3n) is 4.20. The van der Waals surface area contributed by atoms with E-state index in [-0.39, 0.29) is 0 Å². The minimum absolute atomic E-state index is 0.588. The summed E-state index contributed by atoms with van der Waals surface area (Å²) in [5.74, 6) is 2.29. The number of nitrogens with zero attached hydrogens (tertiary/aromatic N) is 3. The van der Waals surface area contributed by atoms with Gasteiger partial charge < -0.3 is 9.26 Å². The van der Waals surface area contributed by atoms with Crippen molar-refractivity contribution in [2.45, 2.75) is 65.0 Å². The van der Waals surface area contributed by atoms with Crippen molar-refractivity contribution < 1.29 is 9.26 Å². The van der Waals surface area contributed by atoms with Crippen molar-refractivity contribution in [3.63, 3.8) is 0 Å². The smallest absolute Gasteiger partial charge is 0.240 e. The lowest BCUT2D eigenvalue weighted by Crippen LogP contribution is -2.39. The Morgan fingerprint density at radius 3 is 3.00 bits per heavy atom. The second-order valence-corrected chi connectivity index (χ2v) is 6.44. The summed E-state index contributed by atoms with van der Waals surface area (Å²) in [7, 11) is 1.77. The Bertz CT molecular complexity index is 406. The van der Waals surface area contributed by atoms with E-state index < -0.39 is 0 Å². The molecule has 1 aliphatic rings. The fraction of sp³-hybridized carbons (Fsp3) is 0.875. The highest BCUT2D eigenvalue weighted by Crippen LogP contribution is 2.21. The highest BCUT2D eigenvalue weighted by molar-refractivity contribution is 4.89. The summed E-state index contributed by atoms with van der Waals surface area (Å²) in [5, 5.41) is 4.10. The number of hydrogen-bond acceptors (Lipinski definition) is 5. The second kappa shape index (κ2) is 8.49. The summed E-state index contributed by atoms with van der Waals surface area (Å²) in [6, 6.07) is 0.588. The van der Waals surface area contributed by atoms with Gasteiger partial charge in [-0.25, -0.2) is 0 Å². The van der Waals surface area contributed by atoms with Crippen LogP contribution >= 0.6 is 0 Å². The maximum atomic E-state index is 5.42. The Morgan fingerprint density at radius 2 is 2.24 bits per heavy atom. The van der Waals surface area contributed by atoms with E-state index in [0.29, 0.717) is 12.0 Å². The van der Waals surface area contributed by atoms with Crippen molar-refractivity contribution in [1.82, 2.24) is 15.0 Å². The number of piperidine rings is 1. The van der Waals surface area contributed by atoms with Gasteiger partial charge in [0.05, 0.1) is 6.54 Å². The summed E-state index contributed by atoms with van der Waals surface area (Å²) in [6.07, 6.45) is 6.93. The van der Waals surface area contributed by atoms with Gasteiger partial charge in [-0.05, 0) is 38.1 Å². The summed E-state index contributed by atoms with van der Waals surface area (Å²) >= 11 is 0. The maximum absolute atomic E-state index is 5.42. The van der Waals surface area contributed by atoms with Gasteiger partial charge in [-0.15, -0.1) is 0 Å². The molecule has 0 radical (unpaired) electrons. The number of ether oxygens (including phenoxy) is 1. The van der Waals surface area contributed by atoms with Gasteiger partial charge in [0.25, 0.3) is 0 Å². The highest BCUT2D eigenvalue weighted by atomic mass is 16.5. The van der Waals surface area contributed by atoms with E-state index in [1.54, 1.807) is 7.11 Å². The van der Waals surface area contributed by atoms with Gasteiger partial charge in [-0.1, -0.05) is 25.4 Å². The zero-order valence-electron chi connectivity index (χ0n) is 13.7. The number of methoxy groups -OCH3 is 1. The van der Waals surface area contributed by atoms with Crippen molar-refractivity contribution in [2.24, 2.45) is 5.92 Å². The van der Waals surface area contributed by atoms with Crippen LogP contribution in [0.5, 0.6) is 0 Å². The summed E-state index contributed by atoms with van der Waals surface area (Å²) in [6.45, 7) is 7.16. The van der Waals surface area contributed by atoms with Gasteiger partial charge in [0.2, 0.25) is 5.89 Å². The molecule has 0 unspecified atom stereocenters. The Morgan fingerprint density at radius 1 is 1.38 bits per heavy atom. The molecule has 1 fully saturated rings. The van der Waals surface area contributed by atoms with Crippen LogP contribution in [-0.2, 0) is 17.7 Å². The summed E-state index contributed by atoms with van der Waals surface area (Å²) in [5.41, 5.74) is 0. The van der Waals surface area contributed by atoms with Gasteiger partial charge in [0.1, 0.15) is 0 Å². The molecular formula is C16H29N3O2. The summed E-state index contributed by atoms with van der Waals surface area (Å²) < 4.78 is 10.6. The molecule has 0 N–H and O–H groups in total. The Balaban J connectivity index is 1.86. The molecule has 0 aromatic carbocycles. The maximum Gasteiger partial charge on any atom is 0.240 e. The van der Waals surface area contributed by atoms with Gasteiger partial charge in [0, 0.05) is 26.2 Å². The van der Waals surface area contributed by atoms with Crippen LogP contribution in [0.3, 0.4) is 0 Å². The largest absolute Gasteiger partial charge is 0.385 e. The second-order valence-electron chi connectivity index (χ2n) is 6.44. The molecule has 21 heavy (non-hydrogen) atoms. The predicted octanol–water partition coefficient (Wildman–Crippen LogP) is 3.05. The lowest BCUT2D eigenvalue weighted by Gasteiger charge is -2.34. The van der Waals surface area contributed by atoms with E-state index in [1.165, 1.54) is 19.3 Å². The van der Waals surface area contributed by atoms with Gasteiger partial charge >= 0.3 is 0 Å². The number of aryl methyl sites for hydroxylation is 1. The average molecular weight is 295 g/mol. The van der Waals surface area contributed by atoms with Crippen molar-refractivity contribution in [3.8, 4) is 0 Å². The van der Waals surface area contributed by atoms with Gasteiger partial charge in [-0.3, -0.25) is 4.90 Å². The average Bonchev–Trinajstić information content (AvgIpc) is 2.92. The number of aromatic nitrogens is 2.